The molecule has 0 aromatic carbocycles. The average Bonchev–Trinajstić information content (AvgIpc) is 3.28. The van der Waals surface area contributed by atoms with Crippen LogP contribution in [0.15, 0.2) is 24.3 Å². The van der Waals surface area contributed by atoms with Gasteiger partial charge >= 0.3 is 5.97 Å². The van der Waals surface area contributed by atoms with E-state index in [0.29, 0.717) is 25.9 Å². The second kappa shape index (κ2) is 53.0. The summed E-state index contributed by atoms with van der Waals surface area (Å²) in [6.45, 7) is 4.89. The molecule has 0 fully saturated rings. The van der Waals surface area contributed by atoms with Gasteiger partial charge in [-0.1, -0.05) is 244 Å². The Morgan fingerprint density at radius 1 is 0.429 bits per heavy atom. The van der Waals surface area contributed by atoms with Crippen LogP contribution in [0.1, 0.15) is 303 Å². The predicted octanol–water partition coefficient (Wildman–Crippen LogP) is 17.1. The van der Waals surface area contributed by atoms with Gasteiger partial charge in [-0.25, -0.2) is 0 Å². The highest BCUT2D eigenvalue weighted by Gasteiger charge is 2.20. The average molecular weight is 889 g/mol. The van der Waals surface area contributed by atoms with Gasteiger partial charge in [-0.15, -0.1) is 0 Å². The van der Waals surface area contributed by atoms with Crippen molar-refractivity contribution in [2.75, 3.05) is 13.2 Å². The Balaban J connectivity index is 3.48. The van der Waals surface area contributed by atoms with Crippen LogP contribution in [0.4, 0.5) is 0 Å². The zero-order valence-corrected chi connectivity index (χ0v) is 42.3. The molecule has 0 aliphatic carbocycles. The maximum absolute atomic E-state index is 12.5. The van der Waals surface area contributed by atoms with Gasteiger partial charge in [-0.2, -0.15) is 0 Å². The molecule has 63 heavy (non-hydrogen) atoms. The number of amides is 1. The van der Waals surface area contributed by atoms with Gasteiger partial charge in [0.05, 0.1) is 25.4 Å². The van der Waals surface area contributed by atoms with Crippen molar-refractivity contribution >= 4 is 11.9 Å². The van der Waals surface area contributed by atoms with Gasteiger partial charge < -0.3 is 20.3 Å². The van der Waals surface area contributed by atoms with Crippen molar-refractivity contribution in [3.05, 3.63) is 24.3 Å². The van der Waals surface area contributed by atoms with Crippen molar-refractivity contribution in [1.82, 2.24) is 5.32 Å². The largest absolute Gasteiger partial charge is 0.466 e. The van der Waals surface area contributed by atoms with Crippen molar-refractivity contribution in [3.8, 4) is 0 Å². The normalized spacial score (nSPS) is 12.8. The lowest BCUT2D eigenvalue weighted by Gasteiger charge is -2.22. The fourth-order valence-corrected chi connectivity index (χ4v) is 8.62. The SMILES string of the molecule is CCCC/C=C\CCCCCCCC(=O)OCCCCCC/C=C\CCCCCCCCCC(=O)NC(CO)C(O)CCCCCCCCCCCCCCCCCCCCCC. The minimum absolute atomic E-state index is 0.0208. The first-order chi connectivity index (χ1) is 31.0. The number of rotatable bonds is 52. The number of carbonyl (C=O) groups excluding carboxylic acids is 2. The third-order valence-corrected chi connectivity index (χ3v) is 13.0. The van der Waals surface area contributed by atoms with Gasteiger partial charge in [0.1, 0.15) is 0 Å². The summed E-state index contributed by atoms with van der Waals surface area (Å²) in [5.41, 5.74) is 0. The molecule has 2 unspecified atom stereocenters. The van der Waals surface area contributed by atoms with E-state index in [1.54, 1.807) is 0 Å². The van der Waals surface area contributed by atoms with Crippen LogP contribution < -0.4 is 5.32 Å². The molecule has 3 N–H and O–H groups in total. The molecule has 372 valence electrons. The number of aliphatic hydroxyl groups excluding tert-OH is 2. The molecule has 0 rings (SSSR count). The molecule has 6 heteroatoms. The van der Waals surface area contributed by atoms with E-state index in [1.165, 1.54) is 199 Å². The van der Waals surface area contributed by atoms with Gasteiger partial charge in [-0.3, -0.25) is 9.59 Å². The lowest BCUT2D eigenvalue weighted by Crippen LogP contribution is -2.45. The molecular weight excluding hydrogens is 779 g/mol. The molecule has 6 nitrogen and oxygen atoms in total. The first kappa shape index (κ1) is 61.3. The smallest absolute Gasteiger partial charge is 0.305 e. The van der Waals surface area contributed by atoms with Gasteiger partial charge in [0.25, 0.3) is 0 Å². The topological polar surface area (TPSA) is 95.9 Å². The molecule has 0 radical (unpaired) electrons. The number of ether oxygens (including phenoxy) is 1. The number of nitrogens with one attached hydrogen (secondary N) is 1. The summed E-state index contributed by atoms with van der Waals surface area (Å²) in [6.07, 6.45) is 63.0. The molecule has 0 aromatic rings. The van der Waals surface area contributed by atoms with E-state index in [0.717, 1.165) is 70.6 Å². The quantitative estimate of drug-likeness (QED) is 0.0321. The third-order valence-electron chi connectivity index (χ3n) is 13.0. The maximum Gasteiger partial charge on any atom is 0.305 e. The van der Waals surface area contributed by atoms with Crippen LogP contribution in [0.2, 0.25) is 0 Å². The van der Waals surface area contributed by atoms with E-state index in [2.05, 4.69) is 43.5 Å². The predicted molar refractivity (Wildman–Crippen MR) is 273 cm³/mol. The highest BCUT2D eigenvalue weighted by molar-refractivity contribution is 5.76. The molecule has 2 atom stereocenters. The van der Waals surface area contributed by atoms with Gasteiger partial charge in [0.2, 0.25) is 5.91 Å². The van der Waals surface area contributed by atoms with Crippen LogP contribution in [-0.4, -0.2) is 47.4 Å². The molecular formula is C57H109NO5. The molecule has 0 aliphatic rings. The summed E-state index contributed by atoms with van der Waals surface area (Å²) in [5.74, 6) is -0.0692. The lowest BCUT2D eigenvalue weighted by molar-refractivity contribution is -0.143. The molecule has 0 bridgehead atoms. The van der Waals surface area contributed by atoms with Gasteiger partial charge in [0, 0.05) is 12.8 Å². The minimum Gasteiger partial charge on any atom is -0.466 e. The van der Waals surface area contributed by atoms with E-state index in [1.807, 2.05) is 0 Å². The van der Waals surface area contributed by atoms with Crippen molar-refractivity contribution in [2.45, 2.75) is 315 Å². The van der Waals surface area contributed by atoms with Crippen LogP contribution >= 0.6 is 0 Å². The van der Waals surface area contributed by atoms with E-state index in [9.17, 15) is 19.8 Å². The Morgan fingerprint density at radius 2 is 0.762 bits per heavy atom. The van der Waals surface area contributed by atoms with Crippen molar-refractivity contribution < 1.29 is 24.5 Å². The molecule has 0 aliphatic heterocycles. The van der Waals surface area contributed by atoms with Gasteiger partial charge in [-0.05, 0) is 70.6 Å². The van der Waals surface area contributed by atoms with Crippen LogP contribution in [0.5, 0.6) is 0 Å². The second-order valence-electron chi connectivity index (χ2n) is 19.3. The number of unbranched alkanes of at least 4 members (excludes halogenated alkanes) is 37. The van der Waals surface area contributed by atoms with Crippen LogP contribution in [-0.2, 0) is 14.3 Å². The first-order valence-electron chi connectivity index (χ1n) is 28.1. The Kier molecular flexibility index (Phi) is 51.6. The molecule has 0 aromatic heterocycles. The number of aliphatic hydroxyl groups is 2. The van der Waals surface area contributed by atoms with Gasteiger partial charge in [0.15, 0.2) is 0 Å². The molecule has 1 amide bonds. The maximum atomic E-state index is 12.5. The summed E-state index contributed by atoms with van der Waals surface area (Å²) in [7, 11) is 0. The van der Waals surface area contributed by atoms with Crippen molar-refractivity contribution in [1.29, 1.82) is 0 Å². The molecule has 0 saturated heterocycles. The highest BCUT2D eigenvalue weighted by Crippen LogP contribution is 2.17. The highest BCUT2D eigenvalue weighted by atomic mass is 16.5. The standard InChI is InChI=1S/C57H109NO5/c1-3-5-7-9-11-13-15-16-17-18-19-20-21-23-26-30-33-37-41-45-49-55(60)54(53-59)58-56(61)50-46-42-38-34-31-27-24-22-25-28-32-36-40-44-48-52-63-57(62)51-47-43-39-35-29-14-12-10-8-6-4-2/h10,12,25,28,54-55,59-60H,3-9,11,13-24,26-27,29-53H2,1-2H3,(H,58,61)/b12-10-,28-25-. The second-order valence-corrected chi connectivity index (χ2v) is 19.3. The molecule has 0 heterocycles. The first-order valence-corrected chi connectivity index (χ1v) is 28.1. The van der Waals surface area contributed by atoms with Crippen molar-refractivity contribution in [2.24, 2.45) is 0 Å². The van der Waals surface area contributed by atoms with E-state index >= 15 is 0 Å². The Hall–Kier alpha value is -1.66. The fourth-order valence-electron chi connectivity index (χ4n) is 8.62. The number of hydrogen-bond donors (Lipinski definition) is 3. The van der Waals surface area contributed by atoms with E-state index < -0.39 is 12.1 Å². The van der Waals surface area contributed by atoms with Crippen LogP contribution in [0.25, 0.3) is 0 Å². The molecule has 0 spiro atoms. The summed E-state index contributed by atoms with van der Waals surface area (Å²) in [5, 5.41) is 23.3. The Bertz CT molecular complexity index is 982. The summed E-state index contributed by atoms with van der Waals surface area (Å²) in [4.78, 5) is 24.5. The number of esters is 1. The third kappa shape index (κ3) is 49.6. The lowest BCUT2D eigenvalue weighted by atomic mass is 10.0. The van der Waals surface area contributed by atoms with E-state index in [-0.39, 0.29) is 18.5 Å². The Morgan fingerprint density at radius 3 is 1.17 bits per heavy atom. The monoisotopic (exact) mass is 888 g/mol. The zero-order chi connectivity index (χ0) is 45.8. The summed E-state index contributed by atoms with van der Waals surface area (Å²) >= 11 is 0. The number of allylic oxidation sites excluding steroid dienone is 4. The van der Waals surface area contributed by atoms with Crippen molar-refractivity contribution in [3.63, 3.8) is 0 Å². The Labute approximate surface area is 392 Å². The van der Waals surface area contributed by atoms with E-state index in [4.69, 9.17) is 4.74 Å². The number of carbonyl (C=O) groups is 2. The van der Waals surface area contributed by atoms with Crippen LogP contribution in [0.3, 0.4) is 0 Å². The fraction of sp³-hybridized carbons (Fsp3) is 0.895. The number of hydrogen-bond acceptors (Lipinski definition) is 5. The molecule has 0 saturated carbocycles. The zero-order valence-electron chi connectivity index (χ0n) is 42.3. The summed E-state index contributed by atoms with van der Waals surface area (Å²) < 4.78 is 5.43. The van der Waals surface area contributed by atoms with Crippen LogP contribution in [0, 0.1) is 0 Å². The summed E-state index contributed by atoms with van der Waals surface area (Å²) in [6, 6.07) is -0.553. The minimum atomic E-state index is -0.675.